The van der Waals surface area contributed by atoms with E-state index >= 15 is 0 Å². The molecule has 1 aliphatic heterocycles. The molecule has 1 atom stereocenters. The summed E-state index contributed by atoms with van der Waals surface area (Å²) in [5.41, 5.74) is 1.34. The Balaban J connectivity index is 2.12. The molecule has 1 aromatic rings. The number of nitrogens with zero attached hydrogens (tertiary/aromatic N) is 2. The van der Waals surface area contributed by atoms with E-state index in [2.05, 4.69) is 4.98 Å². The van der Waals surface area contributed by atoms with Crippen molar-refractivity contribution in [2.45, 2.75) is 13.0 Å². The minimum absolute atomic E-state index is 0.0441. The number of hydrogen-bond donors (Lipinski definition) is 1. The average molecular weight is 236 g/mol. The van der Waals surface area contributed by atoms with Crippen LogP contribution in [0.5, 0.6) is 0 Å². The zero-order valence-corrected chi connectivity index (χ0v) is 9.80. The quantitative estimate of drug-likeness (QED) is 0.798. The number of carbonyl (C=O) groups excluding carboxylic acids is 1. The molecule has 0 saturated carbocycles. The van der Waals surface area contributed by atoms with Crippen LogP contribution < -0.4 is 0 Å². The number of aromatic nitrogens is 1. The van der Waals surface area contributed by atoms with Gasteiger partial charge in [-0.3, -0.25) is 9.78 Å². The Morgan fingerprint density at radius 1 is 1.71 bits per heavy atom. The molecule has 17 heavy (non-hydrogen) atoms. The molecular formula is C12H16N2O3. The van der Waals surface area contributed by atoms with Gasteiger partial charge in [0.1, 0.15) is 0 Å². The van der Waals surface area contributed by atoms with Crippen molar-refractivity contribution in [2.24, 2.45) is 0 Å². The molecule has 1 fully saturated rings. The van der Waals surface area contributed by atoms with E-state index in [1.807, 2.05) is 6.92 Å². The van der Waals surface area contributed by atoms with Crippen LogP contribution >= 0.6 is 0 Å². The summed E-state index contributed by atoms with van der Waals surface area (Å²) in [6.07, 6.45) is 1.40. The third kappa shape index (κ3) is 2.62. The summed E-state index contributed by atoms with van der Waals surface area (Å²) in [4.78, 5) is 18.0. The van der Waals surface area contributed by atoms with E-state index in [1.165, 1.54) is 0 Å². The highest BCUT2D eigenvalue weighted by Crippen LogP contribution is 2.12. The fraction of sp³-hybridized carbons (Fsp3) is 0.500. The molecule has 2 heterocycles. The van der Waals surface area contributed by atoms with Crippen molar-refractivity contribution in [1.82, 2.24) is 9.88 Å². The van der Waals surface area contributed by atoms with E-state index in [9.17, 15) is 4.79 Å². The fourth-order valence-electron chi connectivity index (χ4n) is 1.89. The molecule has 0 radical (unpaired) electrons. The molecule has 1 aromatic heterocycles. The first-order valence-corrected chi connectivity index (χ1v) is 5.65. The molecule has 5 nitrogen and oxygen atoms in total. The Kier molecular flexibility index (Phi) is 3.71. The number of aryl methyl sites for hydroxylation is 1. The van der Waals surface area contributed by atoms with Gasteiger partial charge in [-0.1, -0.05) is 0 Å². The molecule has 5 heteroatoms. The van der Waals surface area contributed by atoms with E-state index in [0.717, 1.165) is 5.69 Å². The molecule has 1 amide bonds. The molecule has 1 aliphatic rings. The van der Waals surface area contributed by atoms with Crippen molar-refractivity contribution < 1.29 is 14.6 Å². The Bertz CT molecular complexity index is 408. The standard InChI is InChI=1S/C12H16N2O3/c1-9-11(3-2-4-13-9)12(16)14-5-6-17-10(7-14)8-15/h2-4,10,15H,5-8H2,1H3. The Morgan fingerprint density at radius 3 is 3.24 bits per heavy atom. The van der Waals surface area contributed by atoms with E-state index in [4.69, 9.17) is 9.84 Å². The number of morpholine rings is 1. The van der Waals surface area contributed by atoms with Gasteiger partial charge in [-0.2, -0.15) is 0 Å². The molecule has 0 spiro atoms. The van der Waals surface area contributed by atoms with E-state index in [0.29, 0.717) is 25.3 Å². The van der Waals surface area contributed by atoms with Gasteiger partial charge in [-0.05, 0) is 19.1 Å². The van der Waals surface area contributed by atoms with E-state index in [1.54, 1.807) is 23.2 Å². The molecule has 1 N–H and O–H groups in total. The van der Waals surface area contributed by atoms with Crippen LogP contribution in [0, 0.1) is 6.92 Å². The molecule has 1 unspecified atom stereocenters. The average Bonchev–Trinajstić information content (AvgIpc) is 2.38. The first-order valence-electron chi connectivity index (χ1n) is 5.65. The van der Waals surface area contributed by atoms with Gasteiger partial charge < -0.3 is 14.7 Å². The number of aliphatic hydroxyl groups is 1. The van der Waals surface area contributed by atoms with Gasteiger partial charge in [0.15, 0.2) is 0 Å². The maximum Gasteiger partial charge on any atom is 0.255 e. The highest BCUT2D eigenvalue weighted by molar-refractivity contribution is 5.95. The van der Waals surface area contributed by atoms with Gasteiger partial charge in [0.25, 0.3) is 5.91 Å². The Labute approximate surface area is 100 Å². The molecule has 2 rings (SSSR count). The fourth-order valence-corrected chi connectivity index (χ4v) is 1.89. The largest absolute Gasteiger partial charge is 0.394 e. The predicted octanol–water partition coefficient (Wildman–Crippen LogP) is 0.223. The van der Waals surface area contributed by atoms with Crippen LogP contribution in [0.4, 0.5) is 0 Å². The second-order valence-corrected chi connectivity index (χ2v) is 4.06. The molecule has 0 bridgehead atoms. The lowest BCUT2D eigenvalue weighted by molar-refractivity contribution is -0.0447. The maximum absolute atomic E-state index is 12.2. The van der Waals surface area contributed by atoms with Crippen LogP contribution in [0.15, 0.2) is 18.3 Å². The Hall–Kier alpha value is -1.46. The lowest BCUT2D eigenvalue weighted by Gasteiger charge is -2.32. The first kappa shape index (κ1) is 12.0. The molecule has 92 valence electrons. The molecule has 0 aromatic carbocycles. The van der Waals surface area contributed by atoms with E-state index < -0.39 is 0 Å². The smallest absolute Gasteiger partial charge is 0.255 e. The van der Waals surface area contributed by atoms with Crippen molar-refractivity contribution in [1.29, 1.82) is 0 Å². The second kappa shape index (κ2) is 5.25. The highest BCUT2D eigenvalue weighted by Gasteiger charge is 2.25. The summed E-state index contributed by atoms with van der Waals surface area (Å²) in [6, 6.07) is 3.53. The number of pyridine rings is 1. The lowest BCUT2D eigenvalue weighted by Crippen LogP contribution is -2.47. The third-order valence-electron chi connectivity index (χ3n) is 2.87. The number of hydrogen-bond acceptors (Lipinski definition) is 4. The summed E-state index contributed by atoms with van der Waals surface area (Å²) in [6.45, 7) is 3.22. The van der Waals surface area contributed by atoms with Crippen molar-refractivity contribution in [3.05, 3.63) is 29.6 Å². The Morgan fingerprint density at radius 2 is 2.53 bits per heavy atom. The predicted molar refractivity (Wildman–Crippen MR) is 61.7 cm³/mol. The van der Waals surface area contributed by atoms with E-state index in [-0.39, 0.29) is 18.6 Å². The van der Waals surface area contributed by atoms with Gasteiger partial charge in [0.2, 0.25) is 0 Å². The van der Waals surface area contributed by atoms with Crippen LogP contribution in [0.2, 0.25) is 0 Å². The minimum Gasteiger partial charge on any atom is -0.394 e. The minimum atomic E-state index is -0.273. The normalized spacial score (nSPS) is 20.4. The SMILES string of the molecule is Cc1ncccc1C(=O)N1CCOC(CO)C1. The van der Waals surface area contributed by atoms with Gasteiger partial charge in [0.05, 0.1) is 24.9 Å². The van der Waals surface area contributed by atoms with Crippen LogP contribution in [-0.4, -0.2) is 53.3 Å². The number of rotatable bonds is 2. The number of ether oxygens (including phenoxy) is 1. The molecule has 1 saturated heterocycles. The van der Waals surface area contributed by atoms with Crippen LogP contribution in [-0.2, 0) is 4.74 Å². The zero-order valence-electron chi connectivity index (χ0n) is 9.80. The van der Waals surface area contributed by atoms with Gasteiger partial charge >= 0.3 is 0 Å². The van der Waals surface area contributed by atoms with Crippen molar-refractivity contribution >= 4 is 5.91 Å². The third-order valence-corrected chi connectivity index (χ3v) is 2.87. The molecular weight excluding hydrogens is 220 g/mol. The number of amides is 1. The molecule has 0 aliphatic carbocycles. The van der Waals surface area contributed by atoms with Crippen molar-refractivity contribution in [2.75, 3.05) is 26.3 Å². The summed E-state index contributed by atoms with van der Waals surface area (Å²) < 4.78 is 5.31. The van der Waals surface area contributed by atoms with Gasteiger partial charge in [-0.15, -0.1) is 0 Å². The summed E-state index contributed by atoms with van der Waals surface area (Å²) in [7, 11) is 0. The highest BCUT2D eigenvalue weighted by atomic mass is 16.5. The van der Waals surface area contributed by atoms with Crippen LogP contribution in [0.25, 0.3) is 0 Å². The first-order chi connectivity index (χ1) is 8.22. The maximum atomic E-state index is 12.2. The van der Waals surface area contributed by atoms with Crippen molar-refractivity contribution in [3.63, 3.8) is 0 Å². The monoisotopic (exact) mass is 236 g/mol. The summed E-state index contributed by atoms with van der Waals surface area (Å²) >= 11 is 0. The topological polar surface area (TPSA) is 62.7 Å². The van der Waals surface area contributed by atoms with Crippen LogP contribution in [0.1, 0.15) is 16.1 Å². The zero-order chi connectivity index (χ0) is 12.3. The summed E-state index contributed by atoms with van der Waals surface area (Å²) in [5.74, 6) is -0.0441. The number of carbonyl (C=O) groups is 1. The van der Waals surface area contributed by atoms with Crippen LogP contribution in [0.3, 0.4) is 0 Å². The van der Waals surface area contributed by atoms with Gasteiger partial charge in [-0.25, -0.2) is 0 Å². The number of aliphatic hydroxyl groups excluding tert-OH is 1. The summed E-state index contributed by atoms with van der Waals surface area (Å²) in [5, 5.41) is 9.04. The second-order valence-electron chi connectivity index (χ2n) is 4.06. The lowest BCUT2D eigenvalue weighted by atomic mass is 10.1. The van der Waals surface area contributed by atoms with Crippen molar-refractivity contribution in [3.8, 4) is 0 Å². The van der Waals surface area contributed by atoms with Gasteiger partial charge in [0, 0.05) is 25.0 Å².